The van der Waals surface area contributed by atoms with Crippen molar-refractivity contribution in [2.75, 3.05) is 18.1 Å². The van der Waals surface area contributed by atoms with Crippen molar-refractivity contribution in [3.63, 3.8) is 0 Å². The molecule has 2 aromatic carbocycles. The van der Waals surface area contributed by atoms with Crippen LogP contribution in [-0.4, -0.2) is 13.2 Å². The summed E-state index contributed by atoms with van der Waals surface area (Å²) in [5.41, 5.74) is 8.79. The Labute approximate surface area is 133 Å². The van der Waals surface area contributed by atoms with Crippen LogP contribution in [0.2, 0.25) is 0 Å². The predicted molar refractivity (Wildman–Crippen MR) is 94.1 cm³/mol. The summed E-state index contributed by atoms with van der Waals surface area (Å²) in [7, 11) is 0. The lowest BCUT2D eigenvalue weighted by Gasteiger charge is -2.50. The number of hydrogen-bond donors (Lipinski definition) is 0. The lowest BCUT2D eigenvalue weighted by Crippen LogP contribution is -2.61. The minimum atomic E-state index is 1.05. The van der Waals surface area contributed by atoms with E-state index in [1.807, 2.05) is 0 Å². The van der Waals surface area contributed by atoms with Crippen LogP contribution in [0.25, 0.3) is 0 Å². The summed E-state index contributed by atoms with van der Waals surface area (Å²) in [5.74, 6) is 0. The van der Waals surface area contributed by atoms with Gasteiger partial charge in [0, 0.05) is 11.1 Å². The standard InChI is InChI=1S/C20H25N2/c1-4-9-22-13-18-11-15(2)5-7-19(18)21(14-22)12-17-10-16(3)6-8-20(17)22/h5-8,10-11H,4,9,12-14H2,1-3H3/q+1. The highest BCUT2D eigenvalue weighted by atomic mass is 15.5. The molecule has 2 aliphatic heterocycles. The maximum atomic E-state index is 2.59. The average Bonchev–Trinajstić information content (AvgIpc) is 2.46. The molecule has 4 rings (SSSR count). The highest BCUT2D eigenvalue weighted by Gasteiger charge is 2.43. The molecule has 2 heterocycles. The Morgan fingerprint density at radius 3 is 2.50 bits per heavy atom. The Bertz CT molecular complexity index is 734. The van der Waals surface area contributed by atoms with E-state index in [2.05, 4.69) is 62.1 Å². The minimum Gasteiger partial charge on any atom is -0.320 e. The van der Waals surface area contributed by atoms with E-state index < -0.39 is 0 Å². The maximum Gasteiger partial charge on any atom is 0.159 e. The normalized spacial score (nSPS) is 22.2. The van der Waals surface area contributed by atoms with Crippen LogP contribution in [0.3, 0.4) is 0 Å². The van der Waals surface area contributed by atoms with E-state index in [0.29, 0.717) is 0 Å². The molecule has 1 unspecified atom stereocenters. The van der Waals surface area contributed by atoms with Gasteiger partial charge in [-0.15, -0.1) is 0 Å². The van der Waals surface area contributed by atoms with Crippen molar-refractivity contribution in [3.05, 3.63) is 58.7 Å². The molecule has 0 radical (unpaired) electrons. The molecule has 0 aromatic heterocycles. The summed E-state index contributed by atoms with van der Waals surface area (Å²) in [5, 5.41) is 0. The second-order valence-corrected chi connectivity index (χ2v) is 7.13. The van der Waals surface area contributed by atoms with Crippen molar-refractivity contribution < 1.29 is 0 Å². The predicted octanol–water partition coefficient (Wildman–Crippen LogP) is 4.51. The highest BCUT2D eigenvalue weighted by Crippen LogP contribution is 2.43. The molecule has 2 heteroatoms. The summed E-state index contributed by atoms with van der Waals surface area (Å²) < 4.78 is 1.10. The minimum absolute atomic E-state index is 1.05. The molecule has 2 nitrogen and oxygen atoms in total. The zero-order valence-corrected chi connectivity index (χ0v) is 13.9. The van der Waals surface area contributed by atoms with Crippen molar-refractivity contribution in [3.8, 4) is 0 Å². The molecule has 2 aromatic rings. The van der Waals surface area contributed by atoms with Crippen LogP contribution in [0.4, 0.5) is 11.4 Å². The lowest BCUT2D eigenvalue weighted by atomic mass is 9.96. The number of benzene rings is 2. The molecule has 1 atom stereocenters. The highest BCUT2D eigenvalue weighted by molar-refractivity contribution is 5.66. The smallest absolute Gasteiger partial charge is 0.159 e. The molecular weight excluding hydrogens is 268 g/mol. The first kappa shape index (κ1) is 13.8. The summed E-state index contributed by atoms with van der Waals surface area (Å²) in [6.45, 7) is 11.3. The summed E-state index contributed by atoms with van der Waals surface area (Å²) in [6, 6.07) is 14.0. The molecule has 0 saturated heterocycles. The van der Waals surface area contributed by atoms with Crippen molar-refractivity contribution in [1.29, 1.82) is 0 Å². The van der Waals surface area contributed by atoms with Crippen molar-refractivity contribution in [2.24, 2.45) is 0 Å². The van der Waals surface area contributed by atoms with Crippen LogP contribution >= 0.6 is 0 Å². The van der Waals surface area contributed by atoms with E-state index >= 15 is 0 Å². The molecule has 0 N–H and O–H groups in total. The topological polar surface area (TPSA) is 3.24 Å². The van der Waals surface area contributed by atoms with Gasteiger partial charge in [-0.3, -0.25) is 4.48 Å². The largest absolute Gasteiger partial charge is 0.320 e. The first-order chi connectivity index (χ1) is 10.6. The number of hydrogen-bond acceptors (Lipinski definition) is 1. The van der Waals surface area contributed by atoms with Gasteiger partial charge in [-0.2, -0.15) is 0 Å². The third-order valence-electron chi connectivity index (χ3n) is 5.25. The zero-order chi connectivity index (χ0) is 15.3. The summed E-state index contributed by atoms with van der Waals surface area (Å²) in [4.78, 5) is 2.59. The lowest BCUT2D eigenvalue weighted by molar-refractivity contribution is 0.236. The van der Waals surface area contributed by atoms with Gasteiger partial charge in [0.2, 0.25) is 0 Å². The first-order valence-corrected chi connectivity index (χ1v) is 8.42. The third-order valence-corrected chi connectivity index (χ3v) is 5.25. The molecule has 114 valence electrons. The van der Waals surface area contributed by atoms with E-state index in [-0.39, 0.29) is 0 Å². The SMILES string of the molecule is CCC[N+]12Cc3cc(C)ccc3N(Cc3cc(C)ccc31)C2. The van der Waals surface area contributed by atoms with Crippen LogP contribution in [0, 0.1) is 13.8 Å². The molecule has 0 saturated carbocycles. The number of fused-ring (bicyclic) bond motifs is 6. The van der Waals surface area contributed by atoms with Crippen LogP contribution in [0.1, 0.15) is 35.6 Å². The molecule has 2 bridgehead atoms. The fraction of sp³-hybridized carbons (Fsp3) is 0.400. The second kappa shape index (κ2) is 4.85. The monoisotopic (exact) mass is 293 g/mol. The fourth-order valence-electron chi connectivity index (χ4n) is 4.43. The third kappa shape index (κ3) is 1.98. The molecule has 0 fully saturated rings. The van der Waals surface area contributed by atoms with Gasteiger partial charge < -0.3 is 4.90 Å². The van der Waals surface area contributed by atoms with Gasteiger partial charge in [-0.1, -0.05) is 30.2 Å². The fourth-order valence-corrected chi connectivity index (χ4v) is 4.43. The van der Waals surface area contributed by atoms with Crippen LogP contribution in [0.5, 0.6) is 0 Å². The number of anilines is 1. The number of quaternary nitrogens is 1. The summed E-state index contributed by atoms with van der Waals surface area (Å²) >= 11 is 0. The second-order valence-electron chi connectivity index (χ2n) is 7.13. The van der Waals surface area contributed by atoms with E-state index in [9.17, 15) is 0 Å². The van der Waals surface area contributed by atoms with Crippen molar-refractivity contribution in [1.82, 2.24) is 4.48 Å². The Morgan fingerprint density at radius 2 is 1.73 bits per heavy atom. The Balaban J connectivity index is 1.90. The first-order valence-electron chi connectivity index (χ1n) is 8.42. The average molecular weight is 293 g/mol. The van der Waals surface area contributed by atoms with E-state index in [1.165, 1.54) is 40.9 Å². The Kier molecular flexibility index (Phi) is 3.05. The van der Waals surface area contributed by atoms with Crippen LogP contribution in [-0.2, 0) is 13.1 Å². The van der Waals surface area contributed by atoms with Gasteiger partial charge in [0.25, 0.3) is 0 Å². The quantitative estimate of drug-likeness (QED) is 0.736. The van der Waals surface area contributed by atoms with Gasteiger partial charge in [0.15, 0.2) is 6.67 Å². The Hall–Kier alpha value is -1.80. The van der Waals surface area contributed by atoms with Gasteiger partial charge in [0.05, 0.1) is 18.8 Å². The molecule has 22 heavy (non-hydrogen) atoms. The van der Waals surface area contributed by atoms with E-state index in [1.54, 1.807) is 5.69 Å². The van der Waals surface area contributed by atoms with E-state index in [4.69, 9.17) is 0 Å². The van der Waals surface area contributed by atoms with Gasteiger partial charge in [0.1, 0.15) is 12.2 Å². The Morgan fingerprint density at radius 1 is 1.00 bits per heavy atom. The van der Waals surface area contributed by atoms with Crippen molar-refractivity contribution in [2.45, 2.75) is 40.3 Å². The summed E-state index contributed by atoms with van der Waals surface area (Å²) in [6.07, 6.45) is 1.22. The molecule has 2 aliphatic rings. The molecule has 0 aliphatic carbocycles. The van der Waals surface area contributed by atoms with Crippen LogP contribution < -0.4 is 9.38 Å². The van der Waals surface area contributed by atoms with E-state index in [0.717, 1.165) is 24.2 Å². The van der Waals surface area contributed by atoms with Crippen LogP contribution in [0.15, 0.2) is 36.4 Å². The number of rotatable bonds is 2. The number of nitrogens with zero attached hydrogens (tertiary/aromatic N) is 2. The maximum absolute atomic E-state index is 2.59. The van der Waals surface area contributed by atoms with Crippen molar-refractivity contribution >= 4 is 11.4 Å². The molecular formula is C20H25N2+. The van der Waals surface area contributed by atoms with Gasteiger partial charge in [-0.05, 0) is 44.5 Å². The zero-order valence-electron chi connectivity index (χ0n) is 13.9. The molecule has 0 amide bonds. The number of aryl methyl sites for hydroxylation is 2. The van der Waals surface area contributed by atoms with Gasteiger partial charge in [-0.25, -0.2) is 0 Å². The molecule has 0 spiro atoms. The van der Waals surface area contributed by atoms with Gasteiger partial charge >= 0.3 is 0 Å².